The lowest BCUT2D eigenvalue weighted by Gasteiger charge is -2.13. The monoisotopic (exact) mass is 654 g/mol. The highest BCUT2D eigenvalue weighted by molar-refractivity contribution is 6.05. The quantitative estimate of drug-likeness (QED) is 0.104. The van der Waals surface area contributed by atoms with E-state index in [9.17, 15) is 19.2 Å². The number of benzene rings is 2. The molecule has 4 aromatic rings. The van der Waals surface area contributed by atoms with Crippen molar-refractivity contribution in [2.75, 3.05) is 13.1 Å². The van der Waals surface area contributed by atoms with Gasteiger partial charge >= 0.3 is 0 Å². The van der Waals surface area contributed by atoms with Gasteiger partial charge < -0.3 is 39.6 Å². The Bertz CT molecular complexity index is 1590. The summed E-state index contributed by atoms with van der Waals surface area (Å²) in [5.74, 6) is -1.04. The fourth-order valence-corrected chi connectivity index (χ4v) is 4.21. The molecule has 0 aliphatic rings. The van der Waals surface area contributed by atoms with E-state index in [2.05, 4.69) is 21.3 Å². The number of nitrogens with one attached hydrogen (secondary N) is 4. The van der Waals surface area contributed by atoms with Crippen LogP contribution in [-0.4, -0.2) is 48.9 Å². The fourth-order valence-electron chi connectivity index (χ4n) is 4.21. The number of hydrogen-bond acceptors (Lipinski definition) is 8. The predicted octanol–water partition coefficient (Wildman–Crippen LogP) is 4.92. The Labute approximate surface area is 278 Å². The van der Waals surface area contributed by atoms with Gasteiger partial charge in [-0.25, -0.2) is 0 Å². The molecule has 12 nitrogen and oxygen atoms in total. The Hall–Kier alpha value is -6.04. The van der Waals surface area contributed by atoms with E-state index in [1.54, 1.807) is 60.7 Å². The first-order valence-corrected chi connectivity index (χ1v) is 15.3. The van der Waals surface area contributed by atoms with Crippen LogP contribution >= 0.6 is 0 Å². The summed E-state index contributed by atoms with van der Waals surface area (Å²) in [5, 5.41) is 10.5. The second-order valence-electron chi connectivity index (χ2n) is 11.0. The lowest BCUT2D eigenvalue weighted by molar-refractivity contribution is -0.119. The van der Waals surface area contributed by atoms with Crippen LogP contribution in [0.4, 0.5) is 0 Å². The average Bonchev–Trinajstić information content (AvgIpc) is 3.79. The van der Waals surface area contributed by atoms with E-state index in [-0.39, 0.29) is 48.2 Å². The van der Waals surface area contributed by atoms with Crippen molar-refractivity contribution >= 4 is 35.8 Å². The van der Waals surface area contributed by atoms with Crippen molar-refractivity contribution in [3.05, 3.63) is 119 Å². The van der Waals surface area contributed by atoms with Gasteiger partial charge in [0.1, 0.15) is 22.9 Å². The zero-order valence-corrected chi connectivity index (χ0v) is 27.1. The van der Waals surface area contributed by atoms with Crippen LogP contribution in [-0.2, 0) is 9.59 Å². The van der Waals surface area contributed by atoms with E-state index in [0.717, 1.165) is 0 Å². The molecule has 250 valence electrons. The molecule has 2 heterocycles. The Balaban J connectivity index is 1.42. The third-order valence-electron chi connectivity index (χ3n) is 6.30. The number of ether oxygens (including phenoxy) is 2. The Morgan fingerprint density at radius 2 is 0.979 bits per heavy atom. The smallest absolute Gasteiger partial charge is 0.291 e. The zero-order valence-electron chi connectivity index (χ0n) is 27.1. The van der Waals surface area contributed by atoms with E-state index in [1.165, 1.54) is 36.8 Å². The van der Waals surface area contributed by atoms with Crippen molar-refractivity contribution in [1.82, 2.24) is 21.3 Å². The highest BCUT2D eigenvalue weighted by atomic mass is 16.5. The van der Waals surface area contributed by atoms with E-state index in [4.69, 9.17) is 18.3 Å². The highest BCUT2D eigenvalue weighted by Gasteiger charge is 2.18. The minimum absolute atomic E-state index is 0.000348. The van der Waals surface area contributed by atoms with Crippen molar-refractivity contribution in [2.45, 2.75) is 39.9 Å². The lowest BCUT2D eigenvalue weighted by atomic mass is 10.1. The summed E-state index contributed by atoms with van der Waals surface area (Å²) in [6, 6.07) is 20.1. The van der Waals surface area contributed by atoms with Gasteiger partial charge in [0.25, 0.3) is 23.6 Å². The third kappa shape index (κ3) is 10.8. The van der Waals surface area contributed by atoms with Gasteiger partial charge in [-0.3, -0.25) is 19.2 Å². The molecule has 0 atom stereocenters. The molecule has 0 aliphatic heterocycles. The van der Waals surface area contributed by atoms with Crippen LogP contribution in [0.3, 0.4) is 0 Å². The Morgan fingerprint density at radius 1 is 0.604 bits per heavy atom. The summed E-state index contributed by atoms with van der Waals surface area (Å²) < 4.78 is 21.7. The van der Waals surface area contributed by atoms with Crippen LogP contribution in [0.2, 0.25) is 0 Å². The van der Waals surface area contributed by atoms with Crippen molar-refractivity contribution in [1.29, 1.82) is 0 Å². The number of rotatable bonds is 15. The topological polar surface area (TPSA) is 161 Å². The summed E-state index contributed by atoms with van der Waals surface area (Å²) in [6.07, 6.45) is 5.72. The SMILES string of the molecule is CC(C)Oc1ccc(/C=C(\NC(=O)c2ccco2)C(=O)NCCNC(=O)/C(=C/c2ccc(OC(C)C)cc2)NC(=O)c2ccco2)cc1. The number of furan rings is 2. The van der Waals surface area contributed by atoms with E-state index in [0.29, 0.717) is 22.6 Å². The Kier molecular flexibility index (Phi) is 12.4. The van der Waals surface area contributed by atoms with Gasteiger partial charge in [-0.1, -0.05) is 24.3 Å². The van der Waals surface area contributed by atoms with Crippen LogP contribution in [0.25, 0.3) is 12.2 Å². The molecule has 4 rings (SSSR count). The lowest BCUT2D eigenvalue weighted by Crippen LogP contribution is -2.41. The van der Waals surface area contributed by atoms with Crippen molar-refractivity contribution in [3.8, 4) is 11.5 Å². The second kappa shape index (κ2) is 17.0. The summed E-state index contributed by atoms with van der Waals surface area (Å²) in [7, 11) is 0. The minimum Gasteiger partial charge on any atom is -0.491 e. The maximum Gasteiger partial charge on any atom is 0.291 e. The molecule has 2 aromatic heterocycles. The summed E-state index contributed by atoms with van der Waals surface area (Å²) >= 11 is 0. The molecule has 2 aromatic carbocycles. The molecule has 4 N–H and O–H groups in total. The Morgan fingerprint density at radius 3 is 1.29 bits per heavy atom. The molecule has 12 heteroatoms. The molecule has 0 aliphatic carbocycles. The molecule has 0 radical (unpaired) electrons. The first-order chi connectivity index (χ1) is 23.1. The first-order valence-electron chi connectivity index (χ1n) is 15.3. The van der Waals surface area contributed by atoms with Crippen molar-refractivity contribution < 1.29 is 37.5 Å². The van der Waals surface area contributed by atoms with E-state index >= 15 is 0 Å². The van der Waals surface area contributed by atoms with Crippen LogP contribution in [0.5, 0.6) is 11.5 Å². The standard InChI is InChI=1S/C36H38N4O8/c1-23(2)47-27-13-9-25(10-14-27)21-29(39-35(43)31-7-5-19-45-31)33(41)37-17-18-38-34(42)30(40-36(44)32-8-6-20-46-32)22-26-11-15-28(16-12-26)48-24(3)4/h5-16,19-24H,17-18H2,1-4H3,(H,37,41)(H,38,42)(H,39,43)(H,40,44)/b29-21-,30-22-. The van der Waals surface area contributed by atoms with E-state index < -0.39 is 23.6 Å². The zero-order chi connectivity index (χ0) is 34.5. The van der Waals surface area contributed by atoms with Crippen LogP contribution in [0.1, 0.15) is 59.9 Å². The number of carbonyl (C=O) groups is 4. The third-order valence-corrected chi connectivity index (χ3v) is 6.30. The summed E-state index contributed by atoms with van der Waals surface area (Å²) in [6.45, 7) is 7.66. The molecule has 0 unspecified atom stereocenters. The molecule has 0 fully saturated rings. The molecule has 0 spiro atoms. The van der Waals surface area contributed by atoms with Crippen LogP contribution in [0.15, 0.2) is 106 Å². The average molecular weight is 655 g/mol. The molecule has 0 bridgehead atoms. The largest absolute Gasteiger partial charge is 0.491 e. The highest BCUT2D eigenvalue weighted by Crippen LogP contribution is 2.17. The van der Waals surface area contributed by atoms with Crippen LogP contribution in [0, 0.1) is 0 Å². The van der Waals surface area contributed by atoms with Gasteiger partial charge in [0.2, 0.25) is 0 Å². The van der Waals surface area contributed by atoms with Gasteiger partial charge in [0.05, 0.1) is 24.7 Å². The summed E-state index contributed by atoms with van der Waals surface area (Å²) in [5.41, 5.74) is 1.18. The van der Waals surface area contributed by atoms with Gasteiger partial charge in [-0.15, -0.1) is 0 Å². The maximum absolute atomic E-state index is 13.2. The first kappa shape index (κ1) is 34.8. The number of hydrogen-bond donors (Lipinski definition) is 4. The number of carbonyl (C=O) groups excluding carboxylic acids is 4. The molecular weight excluding hydrogens is 616 g/mol. The van der Waals surface area contributed by atoms with Gasteiger partial charge in [-0.2, -0.15) is 0 Å². The molecular formula is C36H38N4O8. The molecule has 0 saturated carbocycles. The van der Waals surface area contributed by atoms with Crippen LogP contribution < -0.4 is 30.7 Å². The van der Waals surface area contributed by atoms with E-state index in [1.807, 2.05) is 27.7 Å². The van der Waals surface area contributed by atoms with Crippen molar-refractivity contribution in [3.63, 3.8) is 0 Å². The van der Waals surface area contributed by atoms with Gasteiger partial charge in [0, 0.05) is 13.1 Å². The molecule has 48 heavy (non-hydrogen) atoms. The molecule has 4 amide bonds. The number of amides is 4. The minimum atomic E-state index is -0.611. The van der Waals surface area contributed by atoms with Gasteiger partial charge in [0.15, 0.2) is 11.5 Å². The fraction of sp³-hybridized carbons (Fsp3) is 0.222. The normalized spacial score (nSPS) is 11.6. The van der Waals surface area contributed by atoms with Gasteiger partial charge in [-0.05, 0) is 99.5 Å². The predicted molar refractivity (Wildman–Crippen MR) is 179 cm³/mol. The molecule has 0 saturated heterocycles. The second-order valence-corrected chi connectivity index (χ2v) is 11.0. The maximum atomic E-state index is 13.2. The van der Waals surface area contributed by atoms with Crippen molar-refractivity contribution in [2.24, 2.45) is 0 Å². The summed E-state index contributed by atoms with van der Waals surface area (Å²) in [4.78, 5) is 51.8.